The van der Waals surface area contributed by atoms with Crippen molar-refractivity contribution in [1.29, 1.82) is 0 Å². The van der Waals surface area contributed by atoms with E-state index in [2.05, 4.69) is 30.5 Å². The lowest BCUT2D eigenvalue weighted by Crippen LogP contribution is -2.32. The standard InChI is InChI=1S/C23H28ClN3O4/c1-5-31-22(30)16-12-27(14-6-7-14)19-15(21(16)29)10-17(28)20(18(19)24)26-9-8-13(11-26)23(2,3)25-4/h10,12-14,28H,4-9,11H2,1-3H3. The number of phenolic OH excluding ortho intramolecular Hbond substituents is 1. The summed E-state index contributed by atoms with van der Waals surface area (Å²) in [5, 5.41) is 11.4. The van der Waals surface area contributed by atoms with Gasteiger partial charge in [0.25, 0.3) is 0 Å². The van der Waals surface area contributed by atoms with Gasteiger partial charge in [-0.05, 0) is 52.8 Å². The van der Waals surface area contributed by atoms with Crippen molar-refractivity contribution in [2.24, 2.45) is 10.9 Å². The van der Waals surface area contributed by atoms with Crippen LogP contribution in [0.25, 0.3) is 10.9 Å². The third-order valence-electron chi connectivity index (χ3n) is 6.56. The Balaban J connectivity index is 1.86. The van der Waals surface area contributed by atoms with E-state index in [1.165, 1.54) is 6.07 Å². The summed E-state index contributed by atoms with van der Waals surface area (Å²) in [4.78, 5) is 31.8. The summed E-state index contributed by atoms with van der Waals surface area (Å²) in [5.41, 5.74) is 0.280. The fraction of sp³-hybridized carbons (Fsp3) is 0.522. The Labute approximate surface area is 186 Å². The second-order valence-electron chi connectivity index (χ2n) is 8.93. The lowest BCUT2D eigenvalue weighted by molar-refractivity contribution is 0.0524. The van der Waals surface area contributed by atoms with Crippen LogP contribution in [-0.4, -0.2) is 47.6 Å². The van der Waals surface area contributed by atoms with Gasteiger partial charge in [0, 0.05) is 31.2 Å². The zero-order valence-electron chi connectivity index (χ0n) is 18.2. The zero-order valence-corrected chi connectivity index (χ0v) is 18.9. The number of fused-ring (bicyclic) bond motifs is 1. The number of carbonyl (C=O) groups is 1. The maximum absolute atomic E-state index is 13.1. The van der Waals surface area contributed by atoms with Crippen LogP contribution in [0.4, 0.5) is 5.69 Å². The van der Waals surface area contributed by atoms with E-state index in [1.807, 2.05) is 4.57 Å². The number of aromatic hydroxyl groups is 1. The van der Waals surface area contributed by atoms with Gasteiger partial charge >= 0.3 is 5.97 Å². The number of hydrogen-bond donors (Lipinski definition) is 1. The highest BCUT2D eigenvalue weighted by Crippen LogP contribution is 2.46. The van der Waals surface area contributed by atoms with Crippen LogP contribution < -0.4 is 10.3 Å². The molecule has 1 unspecified atom stereocenters. The van der Waals surface area contributed by atoms with E-state index >= 15 is 0 Å². The van der Waals surface area contributed by atoms with Crippen LogP contribution in [0.3, 0.4) is 0 Å². The Bertz CT molecular complexity index is 1120. The second-order valence-corrected chi connectivity index (χ2v) is 9.31. The van der Waals surface area contributed by atoms with Crippen LogP contribution in [0.2, 0.25) is 5.02 Å². The first kappa shape index (κ1) is 21.7. The van der Waals surface area contributed by atoms with Crippen LogP contribution in [0.5, 0.6) is 5.75 Å². The van der Waals surface area contributed by atoms with Crippen molar-refractivity contribution >= 4 is 40.9 Å². The molecule has 1 aromatic carbocycles. The molecule has 1 N–H and O–H groups in total. The molecule has 1 aliphatic carbocycles. The molecule has 0 spiro atoms. The summed E-state index contributed by atoms with van der Waals surface area (Å²) >= 11 is 6.85. The molecule has 7 nitrogen and oxygen atoms in total. The molecule has 166 valence electrons. The highest BCUT2D eigenvalue weighted by atomic mass is 35.5. The predicted octanol–water partition coefficient (Wildman–Crippen LogP) is 4.18. The fourth-order valence-electron chi connectivity index (χ4n) is 4.41. The minimum Gasteiger partial charge on any atom is -0.506 e. The van der Waals surface area contributed by atoms with E-state index in [-0.39, 0.29) is 40.8 Å². The number of pyridine rings is 1. The Morgan fingerprint density at radius 1 is 1.39 bits per heavy atom. The average molecular weight is 446 g/mol. The van der Waals surface area contributed by atoms with Crippen LogP contribution in [0.1, 0.15) is 56.4 Å². The van der Waals surface area contributed by atoms with Crippen LogP contribution in [0, 0.1) is 5.92 Å². The van der Waals surface area contributed by atoms with Crippen molar-refractivity contribution in [3.05, 3.63) is 33.1 Å². The largest absolute Gasteiger partial charge is 0.506 e. The summed E-state index contributed by atoms with van der Waals surface area (Å²) in [6.07, 6.45) is 4.34. The summed E-state index contributed by atoms with van der Waals surface area (Å²) in [5.74, 6) is -0.457. The van der Waals surface area contributed by atoms with Crippen LogP contribution in [0.15, 0.2) is 22.1 Å². The molecule has 0 bridgehead atoms. The van der Waals surface area contributed by atoms with Crippen molar-refractivity contribution in [2.45, 2.75) is 51.6 Å². The maximum Gasteiger partial charge on any atom is 0.343 e. The molecule has 0 radical (unpaired) electrons. The molecule has 31 heavy (non-hydrogen) atoms. The lowest BCUT2D eigenvalue weighted by Gasteiger charge is -2.28. The maximum atomic E-state index is 13.1. The second kappa shape index (κ2) is 7.86. The number of carbonyl (C=O) groups excluding carboxylic acids is 1. The molecule has 2 heterocycles. The van der Waals surface area contributed by atoms with Crippen LogP contribution in [-0.2, 0) is 4.74 Å². The van der Waals surface area contributed by atoms with Crippen molar-refractivity contribution in [3.63, 3.8) is 0 Å². The first-order valence-electron chi connectivity index (χ1n) is 10.7. The quantitative estimate of drug-likeness (QED) is 0.532. The number of nitrogens with zero attached hydrogens (tertiary/aromatic N) is 3. The van der Waals surface area contributed by atoms with Gasteiger partial charge in [0.2, 0.25) is 5.43 Å². The molecule has 1 saturated carbocycles. The molecule has 0 amide bonds. The summed E-state index contributed by atoms with van der Waals surface area (Å²) < 4.78 is 6.96. The van der Waals surface area contributed by atoms with E-state index in [0.717, 1.165) is 25.8 Å². The summed E-state index contributed by atoms with van der Waals surface area (Å²) in [6.45, 7) is 11.1. The molecule has 1 aliphatic heterocycles. The number of halogens is 1. The first-order chi connectivity index (χ1) is 14.7. The van der Waals surface area contributed by atoms with Crippen molar-refractivity contribution in [2.75, 3.05) is 24.6 Å². The average Bonchev–Trinajstić information content (AvgIpc) is 3.45. The van der Waals surface area contributed by atoms with Gasteiger partial charge in [0.05, 0.1) is 28.1 Å². The van der Waals surface area contributed by atoms with Crippen molar-refractivity contribution in [3.8, 4) is 5.75 Å². The highest BCUT2D eigenvalue weighted by molar-refractivity contribution is 6.38. The molecular weight excluding hydrogens is 418 g/mol. The van der Waals surface area contributed by atoms with Gasteiger partial charge in [0.1, 0.15) is 17.0 Å². The van der Waals surface area contributed by atoms with Crippen molar-refractivity contribution in [1.82, 2.24) is 4.57 Å². The number of aliphatic imine (C=N–C) groups is 1. The number of anilines is 1. The smallest absolute Gasteiger partial charge is 0.343 e. The first-order valence-corrected chi connectivity index (χ1v) is 11.1. The number of ether oxygens (including phenoxy) is 1. The van der Waals surface area contributed by atoms with Crippen molar-refractivity contribution < 1.29 is 14.6 Å². The van der Waals surface area contributed by atoms with Gasteiger partial charge in [0.15, 0.2) is 0 Å². The number of rotatable bonds is 6. The molecule has 1 saturated heterocycles. The number of benzene rings is 1. The Hall–Kier alpha value is -2.54. The summed E-state index contributed by atoms with van der Waals surface area (Å²) in [7, 11) is 0. The number of aromatic nitrogens is 1. The zero-order chi connectivity index (χ0) is 22.5. The van der Waals surface area contributed by atoms with Gasteiger partial charge in [-0.15, -0.1) is 0 Å². The third kappa shape index (κ3) is 3.69. The molecular formula is C23H28ClN3O4. The monoisotopic (exact) mass is 445 g/mol. The van der Waals surface area contributed by atoms with Gasteiger partial charge in [-0.3, -0.25) is 9.79 Å². The van der Waals surface area contributed by atoms with Gasteiger partial charge in [-0.2, -0.15) is 0 Å². The normalized spacial score (nSPS) is 19.1. The van der Waals surface area contributed by atoms with Gasteiger partial charge < -0.3 is 19.3 Å². The molecule has 2 aromatic rings. The Morgan fingerprint density at radius 2 is 2.10 bits per heavy atom. The summed E-state index contributed by atoms with van der Waals surface area (Å²) in [6, 6.07) is 1.60. The van der Waals surface area contributed by atoms with E-state index in [9.17, 15) is 14.7 Å². The molecule has 2 fully saturated rings. The van der Waals surface area contributed by atoms with Gasteiger partial charge in [-0.1, -0.05) is 11.6 Å². The number of hydrogen-bond acceptors (Lipinski definition) is 6. The fourth-order valence-corrected chi connectivity index (χ4v) is 4.83. The Morgan fingerprint density at radius 3 is 2.71 bits per heavy atom. The van der Waals surface area contributed by atoms with E-state index in [1.54, 1.807) is 13.1 Å². The minimum absolute atomic E-state index is 0.0375. The van der Waals surface area contributed by atoms with E-state index in [4.69, 9.17) is 16.3 Å². The van der Waals surface area contributed by atoms with Crippen LogP contribution >= 0.6 is 11.6 Å². The SMILES string of the molecule is C=NC(C)(C)C1CCN(c2c(O)cc3c(=O)c(C(=O)OCC)cn(C4CC4)c3c2Cl)C1. The molecule has 8 heteroatoms. The van der Waals surface area contributed by atoms with E-state index in [0.29, 0.717) is 22.8 Å². The molecule has 2 aliphatic rings. The Kier molecular flexibility index (Phi) is 5.50. The molecule has 4 rings (SSSR count). The topological polar surface area (TPSA) is 84.1 Å². The van der Waals surface area contributed by atoms with E-state index < -0.39 is 11.4 Å². The third-order valence-corrected chi connectivity index (χ3v) is 6.91. The number of esters is 1. The minimum atomic E-state index is -0.662. The van der Waals surface area contributed by atoms with Gasteiger partial charge in [-0.25, -0.2) is 4.79 Å². The lowest BCUT2D eigenvalue weighted by atomic mass is 9.87. The predicted molar refractivity (Wildman–Crippen MR) is 123 cm³/mol. The molecule has 1 aromatic heterocycles. The molecule has 1 atom stereocenters. The number of phenols is 1. The highest BCUT2D eigenvalue weighted by Gasteiger charge is 2.37.